The Hall–Kier alpha value is -1.52. The Bertz CT molecular complexity index is 574. The minimum atomic E-state index is -0.145. The van der Waals surface area contributed by atoms with Crippen molar-refractivity contribution in [1.82, 2.24) is 15.1 Å². The molecule has 174 valence electrons. The molecular formula is C25H48N4O. The number of carbonyl (C=O) groups excluding carboxylic acids is 1. The van der Waals surface area contributed by atoms with E-state index in [2.05, 4.69) is 43.4 Å². The predicted molar refractivity (Wildman–Crippen MR) is 129 cm³/mol. The highest BCUT2D eigenvalue weighted by Gasteiger charge is 2.19. The normalized spacial score (nSPS) is 11.6. The van der Waals surface area contributed by atoms with Crippen molar-refractivity contribution in [3.63, 3.8) is 0 Å². The fourth-order valence-electron chi connectivity index (χ4n) is 3.63. The number of anilines is 1. The lowest BCUT2D eigenvalue weighted by Crippen LogP contribution is -2.30. The second-order valence-electron chi connectivity index (χ2n) is 9.77. The molecule has 2 N–H and O–H groups in total. The van der Waals surface area contributed by atoms with Crippen molar-refractivity contribution < 1.29 is 4.79 Å². The molecule has 0 aliphatic carbocycles. The maximum absolute atomic E-state index is 12.1. The molecule has 1 heterocycles. The molecule has 1 rings (SSSR count). The number of carbonyl (C=O) groups is 1. The highest BCUT2D eigenvalue weighted by atomic mass is 16.2. The van der Waals surface area contributed by atoms with E-state index >= 15 is 0 Å². The Labute approximate surface area is 185 Å². The van der Waals surface area contributed by atoms with Crippen molar-refractivity contribution in [2.45, 2.75) is 123 Å². The number of nitrogens with one attached hydrogen (secondary N) is 2. The van der Waals surface area contributed by atoms with Crippen LogP contribution in [0.1, 0.15) is 123 Å². The van der Waals surface area contributed by atoms with Crippen LogP contribution in [0.25, 0.3) is 0 Å². The molecule has 30 heavy (non-hydrogen) atoms. The van der Waals surface area contributed by atoms with E-state index in [4.69, 9.17) is 0 Å². The standard InChI is InChI=1S/C25H48N4O/c1-6-7-8-9-10-11-12-13-14-15-16-17-18-19-20-26-24(30)27-23-21-22(25(2,3)4)28-29(23)5/h21H,6-20H2,1-5H3,(H2,26,27,30). The summed E-state index contributed by atoms with van der Waals surface area (Å²) in [4.78, 5) is 12.1. The van der Waals surface area contributed by atoms with Crippen LogP contribution >= 0.6 is 0 Å². The first kappa shape index (κ1) is 26.5. The van der Waals surface area contributed by atoms with Gasteiger partial charge < -0.3 is 5.32 Å². The summed E-state index contributed by atoms with van der Waals surface area (Å²) in [5, 5.41) is 10.3. The van der Waals surface area contributed by atoms with Crippen LogP contribution in [-0.4, -0.2) is 22.4 Å². The SMILES string of the molecule is CCCCCCCCCCCCCCCCNC(=O)Nc1cc(C(C)(C)C)nn1C. The van der Waals surface area contributed by atoms with E-state index in [1.54, 1.807) is 4.68 Å². The Balaban J connectivity index is 1.95. The van der Waals surface area contributed by atoms with Crippen LogP contribution in [0, 0.1) is 0 Å². The summed E-state index contributed by atoms with van der Waals surface area (Å²) >= 11 is 0. The fraction of sp³-hybridized carbons (Fsp3) is 0.840. The van der Waals surface area contributed by atoms with Crippen LogP contribution in [0.15, 0.2) is 6.07 Å². The number of hydrogen-bond acceptors (Lipinski definition) is 2. The van der Waals surface area contributed by atoms with Crippen molar-refractivity contribution >= 4 is 11.8 Å². The van der Waals surface area contributed by atoms with Gasteiger partial charge in [0.1, 0.15) is 5.82 Å². The molecule has 0 unspecified atom stereocenters. The number of aryl methyl sites for hydroxylation is 1. The van der Waals surface area contributed by atoms with E-state index < -0.39 is 0 Å². The first-order valence-corrected chi connectivity index (χ1v) is 12.4. The molecule has 0 spiro atoms. The molecule has 0 saturated heterocycles. The van der Waals surface area contributed by atoms with E-state index in [0.29, 0.717) is 0 Å². The Kier molecular flexibility index (Phi) is 13.5. The summed E-state index contributed by atoms with van der Waals surface area (Å²) in [6, 6.07) is 1.81. The number of aromatic nitrogens is 2. The monoisotopic (exact) mass is 420 g/mol. The first-order chi connectivity index (χ1) is 14.3. The van der Waals surface area contributed by atoms with Gasteiger partial charge in [-0.3, -0.25) is 10.00 Å². The summed E-state index contributed by atoms with van der Waals surface area (Å²) < 4.78 is 1.73. The Morgan fingerprint density at radius 3 is 1.77 bits per heavy atom. The molecule has 0 bridgehead atoms. The molecule has 0 saturated carbocycles. The highest BCUT2D eigenvalue weighted by Crippen LogP contribution is 2.23. The molecule has 1 aromatic heterocycles. The summed E-state index contributed by atoms with van der Waals surface area (Å²) in [7, 11) is 1.86. The second-order valence-corrected chi connectivity index (χ2v) is 9.77. The number of rotatable bonds is 16. The Morgan fingerprint density at radius 1 is 0.867 bits per heavy atom. The van der Waals surface area contributed by atoms with E-state index in [0.717, 1.165) is 24.5 Å². The van der Waals surface area contributed by atoms with Crippen LogP contribution < -0.4 is 10.6 Å². The van der Waals surface area contributed by atoms with Gasteiger partial charge in [0.25, 0.3) is 0 Å². The fourth-order valence-corrected chi connectivity index (χ4v) is 3.63. The van der Waals surface area contributed by atoms with Gasteiger partial charge in [-0.2, -0.15) is 5.10 Å². The average molecular weight is 421 g/mol. The molecule has 2 amide bonds. The van der Waals surface area contributed by atoms with Crippen LogP contribution in [0.2, 0.25) is 0 Å². The van der Waals surface area contributed by atoms with Gasteiger partial charge in [-0.15, -0.1) is 0 Å². The van der Waals surface area contributed by atoms with Gasteiger partial charge in [-0.25, -0.2) is 4.79 Å². The first-order valence-electron chi connectivity index (χ1n) is 12.4. The third-order valence-electron chi connectivity index (χ3n) is 5.71. The zero-order valence-corrected chi connectivity index (χ0v) is 20.5. The quantitative estimate of drug-likeness (QED) is 0.275. The summed E-state index contributed by atoms with van der Waals surface area (Å²) in [6.07, 6.45) is 18.9. The smallest absolute Gasteiger partial charge is 0.320 e. The van der Waals surface area contributed by atoms with Gasteiger partial charge >= 0.3 is 6.03 Å². The highest BCUT2D eigenvalue weighted by molar-refractivity contribution is 5.88. The van der Waals surface area contributed by atoms with Gasteiger partial charge in [-0.05, 0) is 6.42 Å². The van der Waals surface area contributed by atoms with Crippen molar-refractivity contribution in [3.05, 3.63) is 11.8 Å². The molecule has 5 nitrogen and oxygen atoms in total. The average Bonchev–Trinajstić information content (AvgIpc) is 3.05. The largest absolute Gasteiger partial charge is 0.338 e. The predicted octanol–water partition coefficient (Wildman–Crippen LogP) is 7.32. The zero-order chi connectivity index (χ0) is 22.2. The van der Waals surface area contributed by atoms with E-state index in [1.807, 2.05) is 13.1 Å². The number of amides is 2. The number of urea groups is 1. The van der Waals surface area contributed by atoms with Crippen LogP contribution in [0.4, 0.5) is 10.6 Å². The van der Waals surface area contributed by atoms with Crippen LogP contribution in [0.3, 0.4) is 0 Å². The van der Waals surface area contributed by atoms with Gasteiger partial charge in [-0.1, -0.05) is 111 Å². The number of unbranched alkanes of at least 4 members (excludes halogenated alkanes) is 13. The molecule has 5 heteroatoms. The third kappa shape index (κ3) is 12.2. The van der Waals surface area contributed by atoms with Crippen LogP contribution in [0.5, 0.6) is 0 Å². The molecule has 0 aliphatic heterocycles. The topological polar surface area (TPSA) is 59.0 Å². The molecule has 0 atom stereocenters. The molecule has 1 aromatic rings. The second kappa shape index (κ2) is 15.3. The van der Waals surface area contributed by atoms with E-state index in [9.17, 15) is 4.79 Å². The van der Waals surface area contributed by atoms with Gasteiger partial charge in [0.05, 0.1) is 5.69 Å². The number of hydrogen-bond donors (Lipinski definition) is 2. The lowest BCUT2D eigenvalue weighted by Gasteiger charge is -2.13. The van der Waals surface area contributed by atoms with Crippen molar-refractivity contribution in [2.75, 3.05) is 11.9 Å². The summed E-state index contributed by atoms with van der Waals surface area (Å²) in [6.45, 7) is 9.37. The lowest BCUT2D eigenvalue weighted by atomic mass is 9.92. The molecule has 0 fully saturated rings. The molecule has 0 aliphatic rings. The minimum absolute atomic E-state index is 0.0254. The number of nitrogens with zero attached hydrogens (tertiary/aromatic N) is 2. The van der Waals surface area contributed by atoms with Gasteiger partial charge in [0.15, 0.2) is 0 Å². The minimum Gasteiger partial charge on any atom is -0.338 e. The van der Waals surface area contributed by atoms with E-state index in [-0.39, 0.29) is 11.4 Å². The summed E-state index contributed by atoms with van der Waals surface area (Å²) in [5.74, 6) is 0.735. The Morgan fingerprint density at radius 2 is 1.33 bits per heavy atom. The van der Waals surface area contributed by atoms with Crippen molar-refractivity contribution in [2.24, 2.45) is 7.05 Å². The maximum atomic E-state index is 12.1. The summed E-state index contributed by atoms with van der Waals surface area (Å²) in [5.41, 5.74) is 0.954. The third-order valence-corrected chi connectivity index (χ3v) is 5.71. The zero-order valence-electron chi connectivity index (χ0n) is 20.5. The van der Waals surface area contributed by atoms with Crippen LogP contribution in [-0.2, 0) is 12.5 Å². The van der Waals surface area contributed by atoms with Crippen molar-refractivity contribution in [1.29, 1.82) is 0 Å². The van der Waals surface area contributed by atoms with Gasteiger partial charge in [0.2, 0.25) is 0 Å². The molecule has 0 radical (unpaired) electrons. The van der Waals surface area contributed by atoms with E-state index in [1.165, 1.54) is 83.5 Å². The molecular weight excluding hydrogens is 372 g/mol. The maximum Gasteiger partial charge on any atom is 0.320 e. The van der Waals surface area contributed by atoms with Crippen molar-refractivity contribution in [3.8, 4) is 0 Å². The van der Waals surface area contributed by atoms with Gasteiger partial charge in [0, 0.05) is 25.1 Å². The lowest BCUT2D eigenvalue weighted by molar-refractivity contribution is 0.251. The molecule has 0 aromatic carbocycles.